The maximum Gasteiger partial charge on any atom is 0.152 e. The second-order valence-corrected chi connectivity index (χ2v) is 3.60. The van der Waals surface area contributed by atoms with Gasteiger partial charge in [0.2, 0.25) is 0 Å². The van der Waals surface area contributed by atoms with Crippen LogP contribution in [0.4, 0.5) is 4.39 Å². The molecule has 0 aliphatic rings. The van der Waals surface area contributed by atoms with Crippen molar-refractivity contribution in [1.82, 2.24) is 0 Å². The zero-order valence-corrected chi connectivity index (χ0v) is 9.03. The van der Waals surface area contributed by atoms with Crippen molar-refractivity contribution in [3.8, 4) is 5.75 Å². The molecule has 5 heteroatoms. The number of hydrogen-bond donors (Lipinski definition) is 1. The van der Waals surface area contributed by atoms with Gasteiger partial charge in [0.1, 0.15) is 12.4 Å². The Balaban J connectivity index is 2.92. The van der Waals surface area contributed by atoms with E-state index < -0.39 is 5.82 Å². The summed E-state index contributed by atoms with van der Waals surface area (Å²) in [4.78, 5) is 0. The van der Waals surface area contributed by atoms with Crippen LogP contribution in [0, 0.1) is 5.82 Å². The van der Waals surface area contributed by atoms with E-state index in [0.29, 0.717) is 23.4 Å². The van der Waals surface area contributed by atoms with Crippen LogP contribution in [0.25, 0.3) is 0 Å². The SMILES string of the molecule is NCCOc1c(Cl)cc(F)cc1Br. The Morgan fingerprint density at radius 1 is 1.54 bits per heavy atom. The maximum absolute atomic E-state index is 12.7. The summed E-state index contributed by atoms with van der Waals surface area (Å²) in [7, 11) is 0. The molecule has 2 nitrogen and oxygen atoms in total. The van der Waals surface area contributed by atoms with Gasteiger partial charge in [-0.15, -0.1) is 0 Å². The van der Waals surface area contributed by atoms with Gasteiger partial charge in [-0.3, -0.25) is 0 Å². The second kappa shape index (κ2) is 4.79. The Morgan fingerprint density at radius 2 is 2.23 bits per heavy atom. The minimum Gasteiger partial charge on any atom is -0.490 e. The highest BCUT2D eigenvalue weighted by molar-refractivity contribution is 9.10. The van der Waals surface area contributed by atoms with E-state index >= 15 is 0 Å². The minimum absolute atomic E-state index is 0.236. The van der Waals surface area contributed by atoms with Crippen LogP contribution in [-0.2, 0) is 0 Å². The van der Waals surface area contributed by atoms with Gasteiger partial charge in [0.05, 0.1) is 9.50 Å². The van der Waals surface area contributed by atoms with E-state index in [2.05, 4.69) is 15.9 Å². The molecule has 0 aliphatic carbocycles. The molecule has 0 aromatic heterocycles. The third-order valence-corrected chi connectivity index (χ3v) is 2.20. The third kappa shape index (κ3) is 2.83. The number of rotatable bonds is 3. The molecule has 2 N–H and O–H groups in total. The van der Waals surface area contributed by atoms with Crippen LogP contribution in [0.3, 0.4) is 0 Å². The van der Waals surface area contributed by atoms with Crippen molar-refractivity contribution >= 4 is 27.5 Å². The molecule has 0 unspecified atom stereocenters. The number of hydrogen-bond acceptors (Lipinski definition) is 2. The minimum atomic E-state index is -0.406. The highest BCUT2D eigenvalue weighted by Crippen LogP contribution is 2.33. The lowest BCUT2D eigenvalue weighted by atomic mass is 10.3. The first-order chi connectivity index (χ1) is 6.15. The van der Waals surface area contributed by atoms with Crippen LogP contribution in [-0.4, -0.2) is 13.2 Å². The van der Waals surface area contributed by atoms with E-state index in [4.69, 9.17) is 22.1 Å². The molecule has 13 heavy (non-hydrogen) atoms. The average molecular weight is 269 g/mol. The van der Waals surface area contributed by atoms with Crippen LogP contribution in [0.15, 0.2) is 16.6 Å². The Bertz CT molecular complexity index is 285. The van der Waals surface area contributed by atoms with Crippen molar-refractivity contribution in [1.29, 1.82) is 0 Å². The van der Waals surface area contributed by atoms with Gasteiger partial charge in [0, 0.05) is 6.54 Å². The quantitative estimate of drug-likeness (QED) is 0.914. The van der Waals surface area contributed by atoms with Crippen molar-refractivity contribution in [2.45, 2.75) is 0 Å². The van der Waals surface area contributed by atoms with E-state index in [1.165, 1.54) is 12.1 Å². The van der Waals surface area contributed by atoms with Crippen LogP contribution in [0.2, 0.25) is 5.02 Å². The Hall–Kier alpha value is -0.320. The fraction of sp³-hybridized carbons (Fsp3) is 0.250. The molecule has 0 atom stereocenters. The first-order valence-electron chi connectivity index (χ1n) is 3.62. The van der Waals surface area contributed by atoms with Gasteiger partial charge < -0.3 is 10.5 Å². The molecular formula is C8H8BrClFNO. The number of ether oxygens (including phenoxy) is 1. The van der Waals surface area contributed by atoms with E-state index in [1.807, 2.05) is 0 Å². The van der Waals surface area contributed by atoms with E-state index in [9.17, 15) is 4.39 Å². The Labute approximate surface area is 89.0 Å². The van der Waals surface area contributed by atoms with Crippen molar-refractivity contribution < 1.29 is 9.13 Å². The van der Waals surface area contributed by atoms with Gasteiger partial charge in [-0.2, -0.15) is 0 Å². The molecule has 0 bridgehead atoms. The second-order valence-electron chi connectivity index (χ2n) is 2.34. The molecule has 0 heterocycles. The predicted molar refractivity (Wildman–Crippen MR) is 53.7 cm³/mol. The molecule has 0 radical (unpaired) electrons. The maximum atomic E-state index is 12.7. The van der Waals surface area contributed by atoms with Gasteiger partial charge in [0.25, 0.3) is 0 Å². The molecule has 1 aromatic rings. The summed E-state index contributed by atoms with van der Waals surface area (Å²) in [6.07, 6.45) is 0. The average Bonchev–Trinajstić information content (AvgIpc) is 2.02. The highest BCUT2D eigenvalue weighted by atomic mass is 79.9. The lowest BCUT2D eigenvalue weighted by Gasteiger charge is -2.08. The van der Waals surface area contributed by atoms with Crippen LogP contribution >= 0.6 is 27.5 Å². The Kier molecular flexibility index (Phi) is 3.96. The smallest absolute Gasteiger partial charge is 0.152 e. The van der Waals surface area contributed by atoms with Gasteiger partial charge in [-0.05, 0) is 28.1 Å². The molecule has 1 rings (SSSR count). The summed E-state index contributed by atoms with van der Waals surface area (Å²) >= 11 is 8.87. The van der Waals surface area contributed by atoms with E-state index in [1.54, 1.807) is 0 Å². The lowest BCUT2D eigenvalue weighted by Crippen LogP contribution is -2.11. The normalized spacial score (nSPS) is 10.2. The van der Waals surface area contributed by atoms with Crippen molar-refractivity contribution in [2.75, 3.05) is 13.2 Å². The van der Waals surface area contributed by atoms with Gasteiger partial charge in [-0.25, -0.2) is 4.39 Å². The first kappa shape index (κ1) is 10.8. The zero-order chi connectivity index (χ0) is 9.84. The third-order valence-electron chi connectivity index (χ3n) is 1.33. The summed E-state index contributed by atoms with van der Waals surface area (Å²) in [5, 5.41) is 0.236. The summed E-state index contributed by atoms with van der Waals surface area (Å²) in [5.74, 6) is 0.0190. The van der Waals surface area contributed by atoms with Crippen molar-refractivity contribution in [3.05, 3.63) is 27.4 Å². The van der Waals surface area contributed by atoms with Gasteiger partial charge in [-0.1, -0.05) is 11.6 Å². The fourth-order valence-electron chi connectivity index (χ4n) is 0.828. The van der Waals surface area contributed by atoms with Crippen LogP contribution < -0.4 is 10.5 Å². The predicted octanol–water partition coefficient (Wildman–Crippen LogP) is 2.58. The number of benzene rings is 1. The highest BCUT2D eigenvalue weighted by Gasteiger charge is 2.08. The molecule has 0 fully saturated rings. The van der Waals surface area contributed by atoms with E-state index in [-0.39, 0.29) is 5.02 Å². The zero-order valence-electron chi connectivity index (χ0n) is 6.69. The standard InChI is InChI=1S/C8H8BrClFNO/c9-6-3-5(11)4-7(10)8(6)13-2-1-12/h3-4H,1-2,12H2. The van der Waals surface area contributed by atoms with Gasteiger partial charge >= 0.3 is 0 Å². The summed E-state index contributed by atoms with van der Waals surface area (Å²) in [6, 6.07) is 2.48. The van der Waals surface area contributed by atoms with Crippen LogP contribution in [0.1, 0.15) is 0 Å². The molecule has 0 amide bonds. The molecule has 0 spiro atoms. The van der Waals surface area contributed by atoms with Crippen molar-refractivity contribution in [2.24, 2.45) is 5.73 Å². The Morgan fingerprint density at radius 3 is 2.77 bits per heavy atom. The van der Waals surface area contributed by atoms with Crippen LogP contribution in [0.5, 0.6) is 5.75 Å². The van der Waals surface area contributed by atoms with Gasteiger partial charge in [0.15, 0.2) is 5.75 Å². The number of nitrogens with two attached hydrogens (primary N) is 1. The summed E-state index contributed by atoms with van der Waals surface area (Å²) in [5.41, 5.74) is 5.25. The first-order valence-corrected chi connectivity index (χ1v) is 4.79. The fourth-order valence-corrected chi connectivity index (χ4v) is 1.75. The summed E-state index contributed by atoms with van der Waals surface area (Å²) < 4.78 is 18.4. The van der Waals surface area contributed by atoms with E-state index in [0.717, 1.165) is 0 Å². The molecule has 1 aromatic carbocycles. The monoisotopic (exact) mass is 267 g/mol. The number of halogens is 3. The lowest BCUT2D eigenvalue weighted by molar-refractivity contribution is 0.326. The molecular weight excluding hydrogens is 260 g/mol. The topological polar surface area (TPSA) is 35.2 Å². The largest absolute Gasteiger partial charge is 0.490 e. The van der Waals surface area contributed by atoms with Crippen molar-refractivity contribution in [3.63, 3.8) is 0 Å². The summed E-state index contributed by atoms with van der Waals surface area (Å²) in [6.45, 7) is 0.740. The molecule has 0 saturated heterocycles. The molecule has 0 aliphatic heterocycles. The molecule has 72 valence electrons. The molecule has 0 saturated carbocycles.